The summed E-state index contributed by atoms with van der Waals surface area (Å²) < 4.78 is 0. The maximum atomic E-state index is 9.51. The Labute approximate surface area is 206 Å². The Hall–Kier alpha value is -2.65. The van der Waals surface area contributed by atoms with E-state index in [4.69, 9.17) is 11.6 Å². The van der Waals surface area contributed by atoms with Gasteiger partial charge in [-0.25, -0.2) is 19.8 Å². The van der Waals surface area contributed by atoms with Crippen LogP contribution >= 0.6 is 34.0 Å². The number of thiazole rings is 2. The molecule has 0 radical (unpaired) electrons. The fourth-order valence-corrected chi connectivity index (χ4v) is 6.89. The van der Waals surface area contributed by atoms with Crippen molar-refractivity contribution in [2.45, 2.75) is 65.2 Å². The molecule has 0 saturated carbocycles. The van der Waals surface area contributed by atoms with Gasteiger partial charge >= 0.3 is 0 Å². The summed E-state index contributed by atoms with van der Waals surface area (Å²) in [5, 5.41) is 12.2. The molecular formula is C25H25N5S3. The van der Waals surface area contributed by atoms with E-state index < -0.39 is 0 Å². The van der Waals surface area contributed by atoms with E-state index in [-0.39, 0.29) is 11.4 Å². The van der Waals surface area contributed by atoms with Gasteiger partial charge in [-0.05, 0) is 25.8 Å². The van der Waals surface area contributed by atoms with Gasteiger partial charge in [0.1, 0.15) is 21.8 Å². The first-order valence-electron chi connectivity index (χ1n) is 11.3. The van der Waals surface area contributed by atoms with E-state index in [1.165, 1.54) is 49.8 Å². The number of nitriles is 1. The van der Waals surface area contributed by atoms with Crippen molar-refractivity contribution in [1.82, 2.24) is 15.0 Å². The second-order valence-electron chi connectivity index (χ2n) is 8.02. The third-order valence-corrected chi connectivity index (χ3v) is 8.95. The molecule has 0 aliphatic rings. The number of thiophene rings is 1. The van der Waals surface area contributed by atoms with Gasteiger partial charge < -0.3 is 0 Å². The Balaban J connectivity index is 1.62. The summed E-state index contributed by atoms with van der Waals surface area (Å²) in [5.41, 5.74) is 1.18. The predicted molar refractivity (Wildman–Crippen MR) is 139 cm³/mol. The summed E-state index contributed by atoms with van der Waals surface area (Å²) in [5.74, 6) is 0. The van der Waals surface area contributed by atoms with Gasteiger partial charge in [-0.3, -0.25) is 0 Å². The van der Waals surface area contributed by atoms with Gasteiger partial charge in [0.05, 0.1) is 21.8 Å². The van der Waals surface area contributed by atoms with E-state index in [1.54, 1.807) is 40.1 Å². The second-order valence-corrected chi connectivity index (χ2v) is 11.4. The molecule has 0 atom stereocenters. The summed E-state index contributed by atoms with van der Waals surface area (Å²) in [6, 6.07) is 3.86. The molecular weight excluding hydrogens is 467 g/mol. The zero-order valence-electron chi connectivity index (χ0n) is 18.8. The largest absolute Gasteiger partial charge is 0.247 e. The maximum absolute atomic E-state index is 9.51. The summed E-state index contributed by atoms with van der Waals surface area (Å²) in [4.78, 5) is 21.8. The summed E-state index contributed by atoms with van der Waals surface area (Å²) >= 11 is 4.94. The lowest BCUT2D eigenvalue weighted by molar-refractivity contribution is 0.590. The molecule has 4 heterocycles. The Morgan fingerprint density at radius 3 is 2.39 bits per heavy atom. The van der Waals surface area contributed by atoms with E-state index in [9.17, 15) is 5.26 Å². The van der Waals surface area contributed by atoms with Crippen molar-refractivity contribution >= 4 is 50.6 Å². The number of fused-ring (bicyclic) bond motifs is 1. The first kappa shape index (κ1) is 23.5. The van der Waals surface area contributed by atoms with Crippen molar-refractivity contribution in [3.8, 4) is 25.8 Å². The molecule has 0 amide bonds. The van der Waals surface area contributed by atoms with E-state index in [1.807, 2.05) is 19.3 Å². The van der Waals surface area contributed by atoms with Crippen molar-refractivity contribution in [1.29, 1.82) is 5.26 Å². The summed E-state index contributed by atoms with van der Waals surface area (Å²) in [6.07, 6.45) is 14.0. The third kappa shape index (κ3) is 5.30. The molecule has 0 bridgehead atoms. The molecule has 0 fully saturated rings. The van der Waals surface area contributed by atoms with Crippen molar-refractivity contribution in [2.75, 3.05) is 0 Å². The molecule has 5 nitrogen and oxygen atoms in total. The van der Waals surface area contributed by atoms with Crippen LogP contribution in [-0.2, 0) is 6.42 Å². The van der Waals surface area contributed by atoms with Crippen LogP contribution < -0.4 is 0 Å². The predicted octanol–water partition coefficient (Wildman–Crippen LogP) is 8.57. The molecule has 0 aliphatic heterocycles. The molecule has 0 spiro atoms. The van der Waals surface area contributed by atoms with Crippen LogP contribution in [0.5, 0.6) is 0 Å². The highest BCUT2D eigenvalue weighted by Gasteiger charge is 2.22. The van der Waals surface area contributed by atoms with E-state index >= 15 is 0 Å². The van der Waals surface area contributed by atoms with Crippen LogP contribution in [0.1, 0.15) is 67.3 Å². The molecule has 33 heavy (non-hydrogen) atoms. The van der Waals surface area contributed by atoms with Crippen molar-refractivity contribution in [3.05, 3.63) is 45.3 Å². The highest BCUT2D eigenvalue weighted by Crippen LogP contribution is 2.46. The molecule has 4 rings (SSSR count). The van der Waals surface area contributed by atoms with Gasteiger partial charge in [0.2, 0.25) is 5.69 Å². The Bertz CT molecular complexity index is 1330. The number of unbranched alkanes of at least 4 members (excludes halogenated alkanes) is 6. The fourth-order valence-electron chi connectivity index (χ4n) is 3.77. The smallest absolute Gasteiger partial charge is 0.223 e. The number of aryl methyl sites for hydroxylation is 2. The van der Waals surface area contributed by atoms with Crippen LogP contribution in [0.4, 0.5) is 5.69 Å². The van der Waals surface area contributed by atoms with Crippen molar-refractivity contribution in [2.24, 2.45) is 0 Å². The molecule has 8 heteroatoms. The van der Waals surface area contributed by atoms with Gasteiger partial charge in [0, 0.05) is 27.5 Å². The normalized spacial score (nSPS) is 11.0. The van der Waals surface area contributed by atoms with E-state index in [2.05, 4.69) is 27.8 Å². The average Bonchev–Trinajstić information content (AvgIpc) is 3.55. The molecule has 4 aromatic rings. The van der Waals surface area contributed by atoms with Gasteiger partial charge in [0.15, 0.2) is 0 Å². The minimum atomic E-state index is 0.165. The standard InChI is InChI=1S/C25H25N5S3/c1-4-5-6-7-8-9-10-11-17-15-29-25(32-17)23-21-18(12-19(27-3)20(13-26)30-21)22(33-23)24-28-14-16(2)31-24/h12,14-15H,4-11H2,1-2H3. The van der Waals surface area contributed by atoms with Crippen LogP contribution in [0.2, 0.25) is 0 Å². The lowest BCUT2D eigenvalue weighted by Crippen LogP contribution is -1.85. The fraction of sp³-hybridized carbons (Fsp3) is 0.400. The van der Waals surface area contributed by atoms with Crippen LogP contribution in [0.25, 0.3) is 35.5 Å². The third-order valence-electron chi connectivity index (χ3n) is 5.48. The highest BCUT2D eigenvalue weighted by atomic mass is 32.1. The topological polar surface area (TPSA) is 66.8 Å². The van der Waals surface area contributed by atoms with Crippen LogP contribution in [0, 0.1) is 24.8 Å². The molecule has 0 aromatic carbocycles. The van der Waals surface area contributed by atoms with Gasteiger partial charge in [-0.15, -0.1) is 34.0 Å². The number of hydrogen-bond donors (Lipinski definition) is 0. The van der Waals surface area contributed by atoms with Crippen LogP contribution in [-0.4, -0.2) is 15.0 Å². The first-order chi connectivity index (χ1) is 16.1. The SMILES string of the molecule is [C-]#[N+]c1cc2c(-c3ncc(C)s3)sc(-c3ncc(CCCCCCCCC)s3)c2nc1C#N. The Kier molecular flexibility index (Phi) is 7.82. The van der Waals surface area contributed by atoms with Crippen LogP contribution in [0.15, 0.2) is 18.5 Å². The molecule has 0 saturated heterocycles. The van der Waals surface area contributed by atoms with Gasteiger partial charge in [-0.1, -0.05) is 45.4 Å². The monoisotopic (exact) mass is 491 g/mol. The zero-order chi connectivity index (χ0) is 23.2. The van der Waals surface area contributed by atoms with Crippen LogP contribution in [0.3, 0.4) is 0 Å². The number of pyridine rings is 1. The highest BCUT2D eigenvalue weighted by molar-refractivity contribution is 7.27. The minimum absolute atomic E-state index is 0.165. The van der Waals surface area contributed by atoms with E-state index in [0.29, 0.717) is 0 Å². The Morgan fingerprint density at radius 2 is 1.70 bits per heavy atom. The second kappa shape index (κ2) is 11.0. The van der Waals surface area contributed by atoms with Crippen molar-refractivity contribution in [3.63, 3.8) is 0 Å². The average molecular weight is 492 g/mol. The molecule has 0 aliphatic carbocycles. The Morgan fingerprint density at radius 1 is 0.970 bits per heavy atom. The summed E-state index contributed by atoms with van der Waals surface area (Å²) in [7, 11) is 0. The number of rotatable bonds is 10. The molecule has 4 aromatic heterocycles. The van der Waals surface area contributed by atoms with Gasteiger partial charge in [-0.2, -0.15) is 5.26 Å². The lowest BCUT2D eigenvalue weighted by Gasteiger charge is -2.00. The lowest BCUT2D eigenvalue weighted by atomic mass is 10.1. The number of nitrogens with zero attached hydrogens (tertiary/aromatic N) is 5. The number of hydrogen-bond acceptors (Lipinski definition) is 7. The molecule has 0 unspecified atom stereocenters. The first-order valence-corrected chi connectivity index (χ1v) is 13.7. The molecule has 168 valence electrons. The van der Waals surface area contributed by atoms with Crippen molar-refractivity contribution < 1.29 is 0 Å². The zero-order valence-corrected chi connectivity index (χ0v) is 21.3. The minimum Gasteiger partial charge on any atom is -0.247 e. The summed E-state index contributed by atoms with van der Waals surface area (Å²) in [6.45, 7) is 11.7. The number of aromatic nitrogens is 3. The quantitative estimate of drug-likeness (QED) is 0.165. The van der Waals surface area contributed by atoms with Gasteiger partial charge in [0.25, 0.3) is 0 Å². The van der Waals surface area contributed by atoms with E-state index in [0.717, 1.165) is 42.0 Å². The molecule has 0 N–H and O–H groups in total. The maximum Gasteiger partial charge on any atom is 0.223 e.